The first-order chi connectivity index (χ1) is 11.5. The maximum Gasteiger partial charge on any atom is 0.416 e. The highest BCUT2D eigenvalue weighted by Gasteiger charge is 2.36. The van der Waals surface area contributed by atoms with Crippen molar-refractivity contribution in [2.45, 2.75) is 44.6 Å². The summed E-state index contributed by atoms with van der Waals surface area (Å²) in [6.45, 7) is 1.29. The van der Waals surface area contributed by atoms with Crippen molar-refractivity contribution in [2.24, 2.45) is 5.73 Å². The van der Waals surface area contributed by atoms with Gasteiger partial charge in [0, 0.05) is 18.2 Å². The Hall–Kier alpha value is -2.03. The number of amides is 3. The number of carbonyl (C=O) groups excluding carboxylic acids is 2. The minimum Gasteiger partial charge on any atom is -0.352 e. The number of nitrogens with zero attached hydrogens (tertiary/aromatic N) is 1. The van der Waals surface area contributed by atoms with E-state index in [2.05, 4.69) is 5.32 Å². The largest absolute Gasteiger partial charge is 0.416 e. The number of urea groups is 1. The molecule has 0 saturated carbocycles. The third kappa shape index (κ3) is 4.33. The van der Waals surface area contributed by atoms with Gasteiger partial charge in [0.2, 0.25) is 5.91 Å². The molecule has 25 heavy (non-hydrogen) atoms. The van der Waals surface area contributed by atoms with Gasteiger partial charge in [-0.1, -0.05) is 11.6 Å². The van der Waals surface area contributed by atoms with Gasteiger partial charge in [0.1, 0.15) is 11.9 Å². The van der Waals surface area contributed by atoms with Crippen LogP contribution in [0, 0.1) is 5.82 Å². The Bertz CT molecular complexity index is 696. The number of hydrogen-bond acceptors (Lipinski definition) is 2. The van der Waals surface area contributed by atoms with Gasteiger partial charge in [-0.3, -0.25) is 4.79 Å². The molecule has 10 heteroatoms. The molecule has 0 spiro atoms. The summed E-state index contributed by atoms with van der Waals surface area (Å²) < 4.78 is 52.8. The van der Waals surface area contributed by atoms with Crippen LogP contribution in [0.15, 0.2) is 12.1 Å². The van der Waals surface area contributed by atoms with E-state index in [1.54, 1.807) is 6.92 Å². The predicted molar refractivity (Wildman–Crippen MR) is 82.2 cm³/mol. The molecule has 1 saturated heterocycles. The third-order valence-corrected chi connectivity index (χ3v) is 4.35. The van der Waals surface area contributed by atoms with Gasteiger partial charge in [-0.05, 0) is 31.9 Å². The highest BCUT2D eigenvalue weighted by molar-refractivity contribution is 6.30. The molecule has 0 aromatic heterocycles. The summed E-state index contributed by atoms with van der Waals surface area (Å²) in [7, 11) is 0. The Morgan fingerprint density at radius 3 is 2.60 bits per heavy atom. The van der Waals surface area contributed by atoms with Gasteiger partial charge in [0.05, 0.1) is 10.6 Å². The first-order valence-corrected chi connectivity index (χ1v) is 7.80. The molecular formula is C15H16ClF4N3O2. The van der Waals surface area contributed by atoms with Crippen molar-refractivity contribution in [3.05, 3.63) is 34.1 Å². The molecule has 2 atom stereocenters. The average molecular weight is 382 g/mol. The minimum atomic E-state index is -4.69. The molecule has 0 aliphatic carbocycles. The van der Waals surface area contributed by atoms with E-state index in [0.29, 0.717) is 25.0 Å². The summed E-state index contributed by atoms with van der Waals surface area (Å²) in [6.07, 6.45) is -3.88. The number of likely N-dealkylation sites (tertiary alicyclic amines) is 1. The lowest BCUT2D eigenvalue weighted by Crippen LogP contribution is -2.55. The Morgan fingerprint density at radius 1 is 1.40 bits per heavy atom. The number of alkyl halides is 3. The van der Waals surface area contributed by atoms with Gasteiger partial charge in [0.25, 0.3) is 0 Å². The molecule has 1 aliphatic heterocycles. The fourth-order valence-electron chi connectivity index (χ4n) is 2.75. The molecule has 1 aromatic carbocycles. The average Bonchev–Trinajstić information content (AvgIpc) is 2.49. The minimum absolute atomic E-state index is 0.339. The maximum atomic E-state index is 14.2. The van der Waals surface area contributed by atoms with Gasteiger partial charge >= 0.3 is 12.2 Å². The van der Waals surface area contributed by atoms with E-state index in [-0.39, 0.29) is 11.6 Å². The van der Waals surface area contributed by atoms with E-state index in [1.807, 2.05) is 0 Å². The van der Waals surface area contributed by atoms with Crippen LogP contribution in [0.4, 0.5) is 22.4 Å². The number of nitrogens with two attached hydrogens (primary N) is 1. The second-order valence-electron chi connectivity index (χ2n) is 5.88. The molecule has 3 N–H and O–H groups in total. The molecule has 0 bridgehead atoms. The van der Waals surface area contributed by atoms with E-state index >= 15 is 0 Å². The van der Waals surface area contributed by atoms with Crippen LogP contribution in [0.3, 0.4) is 0 Å². The van der Waals surface area contributed by atoms with Crippen molar-refractivity contribution < 1.29 is 27.2 Å². The molecule has 5 nitrogen and oxygen atoms in total. The number of carbonyl (C=O) groups is 2. The van der Waals surface area contributed by atoms with Crippen LogP contribution in [0.2, 0.25) is 5.02 Å². The van der Waals surface area contributed by atoms with Crippen molar-refractivity contribution in [3.63, 3.8) is 0 Å². The Balaban J connectivity index is 2.32. The number of primary amides is 1. The lowest BCUT2D eigenvalue weighted by atomic mass is 9.97. The number of halogens is 5. The number of nitrogens with one attached hydrogen (secondary N) is 1. The lowest BCUT2D eigenvalue weighted by Gasteiger charge is -2.37. The van der Waals surface area contributed by atoms with Crippen LogP contribution < -0.4 is 11.1 Å². The van der Waals surface area contributed by atoms with E-state index in [9.17, 15) is 27.2 Å². The smallest absolute Gasteiger partial charge is 0.352 e. The Labute approximate surface area is 146 Å². The number of benzene rings is 1. The molecule has 0 radical (unpaired) electrons. The molecule has 1 heterocycles. The highest BCUT2D eigenvalue weighted by Crippen LogP contribution is 2.34. The molecule has 1 aromatic rings. The van der Waals surface area contributed by atoms with Crippen molar-refractivity contribution in [2.75, 3.05) is 0 Å². The fourth-order valence-corrected chi connectivity index (χ4v) is 2.99. The van der Waals surface area contributed by atoms with E-state index in [1.165, 1.54) is 4.90 Å². The SMILES string of the molecule is C[C@@H]1CC[C@@H](NC(N)=O)C(=O)N1Cc1cc(C(F)(F)F)cc(Cl)c1F. The van der Waals surface area contributed by atoms with E-state index in [0.717, 1.165) is 0 Å². The molecule has 3 amide bonds. The molecular weight excluding hydrogens is 366 g/mol. The van der Waals surface area contributed by atoms with Crippen LogP contribution in [-0.4, -0.2) is 28.9 Å². The maximum absolute atomic E-state index is 14.2. The highest BCUT2D eigenvalue weighted by atomic mass is 35.5. The quantitative estimate of drug-likeness (QED) is 0.790. The topological polar surface area (TPSA) is 75.4 Å². The molecule has 1 aliphatic rings. The first kappa shape index (κ1) is 19.3. The summed E-state index contributed by atoms with van der Waals surface area (Å²) in [5, 5.41) is 1.60. The van der Waals surface area contributed by atoms with E-state index < -0.39 is 47.1 Å². The van der Waals surface area contributed by atoms with Gasteiger partial charge in [0.15, 0.2) is 0 Å². The molecule has 138 valence electrons. The van der Waals surface area contributed by atoms with Crippen LogP contribution in [0.5, 0.6) is 0 Å². The first-order valence-electron chi connectivity index (χ1n) is 7.42. The van der Waals surface area contributed by atoms with Crippen molar-refractivity contribution >= 4 is 23.5 Å². The summed E-state index contributed by atoms with van der Waals surface area (Å²) in [5.41, 5.74) is 3.56. The van der Waals surface area contributed by atoms with Crippen LogP contribution in [-0.2, 0) is 17.5 Å². The predicted octanol–water partition coefficient (Wildman–Crippen LogP) is 3.05. The normalized spacial score (nSPS) is 21.4. The molecule has 2 rings (SSSR count). The Kier molecular flexibility index (Phi) is 5.46. The fraction of sp³-hybridized carbons (Fsp3) is 0.467. The van der Waals surface area contributed by atoms with Gasteiger partial charge < -0.3 is 16.0 Å². The summed E-state index contributed by atoms with van der Waals surface area (Å²) in [5.74, 6) is -1.55. The van der Waals surface area contributed by atoms with Gasteiger partial charge in [-0.15, -0.1) is 0 Å². The van der Waals surface area contributed by atoms with Crippen LogP contribution >= 0.6 is 11.6 Å². The lowest BCUT2D eigenvalue weighted by molar-refractivity contribution is -0.139. The summed E-state index contributed by atoms with van der Waals surface area (Å²) in [4.78, 5) is 24.6. The van der Waals surface area contributed by atoms with Crippen LogP contribution in [0.1, 0.15) is 30.9 Å². The van der Waals surface area contributed by atoms with E-state index in [4.69, 9.17) is 17.3 Å². The zero-order valence-electron chi connectivity index (χ0n) is 13.2. The Morgan fingerprint density at radius 2 is 2.04 bits per heavy atom. The second kappa shape index (κ2) is 7.07. The number of hydrogen-bond donors (Lipinski definition) is 2. The van der Waals surface area contributed by atoms with Gasteiger partial charge in [-0.2, -0.15) is 13.2 Å². The number of rotatable bonds is 3. The van der Waals surface area contributed by atoms with Gasteiger partial charge in [-0.25, -0.2) is 9.18 Å². The molecule has 0 unspecified atom stereocenters. The third-order valence-electron chi connectivity index (χ3n) is 4.07. The van der Waals surface area contributed by atoms with Crippen molar-refractivity contribution in [3.8, 4) is 0 Å². The molecule has 1 fully saturated rings. The zero-order chi connectivity index (χ0) is 18.9. The summed E-state index contributed by atoms with van der Waals surface area (Å²) >= 11 is 5.56. The standard InChI is InChI=1S/C15H16ClF4N3O2/c1-7-2-3-11(22-14(21)25)13(24)23(7)6-8-4-9(15(18,19)20)5-10(16)12(8)17/h4-5,7,11H,2-3,6H2,1H3,(H3,21,22,25)/t7-,11-/m1/s1. The van der Waals surface area contributed by atoms with Crippen LogP contribution in [0.25, 0.3) is 0 Å². The zero-order valence-corrected chi connectivity index (χ0v) is 13.9. The number of piperidine rings is 1. The second-order valence-corrected chi connectivity index (χ2v) is 6.29. The monoisotopic (exact) mass is 381 g/mol. The summed E-state index contributed by atoms with van der Waals surface area (Å²) in [6, 6.07) is -0.989. The van der Waals surface area contributed by atoms with Crippen molar-refractivity contribution in [1.82, 2.24) is 10.2 Å². The van der Waals surface area contributed by atoms with Crippen molar-refractivity contribution in [1.29, 1.82) is 0 Å².